The summed E-state index contributed by atoms with van der Waals surface area (Å²) in [6, 6.07) is 0.464. The van der Waals surface area contributed by atoms with Gasteiger partial charge in [-0.3, -0.25) is 4.90 Å². The van der Waals surface area contributed by atoms with Gasteiger partial charge in [0.15, 0.2) is 0 Å². The molecular formula is C11H22N2OS. The van der Waals surface area contributed by atoms with Gasteiger partial charge in [-0.25, -0.2) is 0 Å². The lowest BCUT2D eigenvalue weighted by molar-refractivity contribution is 0.122. The normalized spacial score (nSPS) is 26.5. The average Bonchev–Trinajstić information content (AvgIpc) is 2.62. The smallest absolute Gasteiger partial charge is 0.0743 e. The molecule has 0 spiro atoms. The van der Waals surface area contributed by atoms with E-state index in [0.717, 1.165) is 32.4 Å². The second kappa shape index (κ2) is 5.77. The molecule has 1 rings (SSSR count). The monoisotopic (exact) mass is 230 g/mol. The summed E-state index contributed by atoms with van der Waals surface area (Å²) >= 11 is 4.96. The first-order valence-corrected chi connectivity index (χ1v) is 6.15. The summed E-state index contributed by atoms with van der Waals surface area (Å²) < 4.78 is 0. The van der Waals surface area contributed by atoms with Gasteiger partial charge in [0.1, 0.15) is 0 Å². The van der Waals surface area contributed by atoms with Crippen LogP contribution in [0.1, 0.15) is 33.1 Å². The highest BCUT2D eigenvalue weighted by molar-refractivity contribution is 7.80. The zero-order valence-electron chi connectivity index (χ0n) is 9.65. The highest BCUT2D eigenvalue weighted by Crippen LogP contribution is 2.23. The van der Waals surface area contributed by atoms with E-state index in [1.54, 1.807) is 0 Å². The third kappa shape index (κ3) is 3.70. The summed E-state index contributed by atoms with van der Waals surface area (Å²) in [5, 5.41) is 9.53. The van der Waals surface area contributed by atoms with Crippen molar-refractivity contribution in [3.8, 4) is 0 Å². The van der Waals surface area contributed by atoms with Crippen LogP contribution >= 0.6 is 12.2 Å². The molecule has 1 heterocycles. The van der Waals surface area contributed by atoms with Gasteiger partial charge in [-0.05, 0) is 32.2 Å². The molecule has 3 nitrogen and oxygen atoms in total. The number of hydrogen-bond donors (Lipinski definition) is 2. The molecule has 0 saturated carbocycles. The van der Waals surface area contributed by atoms with Crippen LogP contribution in [0.3, 0.4) is 0 Å². The Morgan fingerprint density at radius 3 is 2.73 bits per heavy atom. The Morgan fingerprint density at radius 2 is 2.33 bits per heavy atom. The van der Waals surface area contributed by atoms with Crippen molar-refractivity contribution >= 4 is 17.2 Å². The average molecular weight is 230 g/mol. The van der Waals surface area contributed by atoms with Crippen LogP contribution in [0.5, 0.6) is 0 Å². The molecule has 88 valence electrons. The molecule has 0 bridgehead atoms. The Kier molecular flexibility index (Phi) is 4.96. The number of nitrogens with zero attached hydrogens (tertiary/aromatic N) is 1. The number of rotatable bonds is 5. The quantitative estimate of drug-likeness (QED) is 0.696. The minimum atomic E-state index is -0.197. The third-order valence-corrected chi connectivity index (χ3v) is 3.53. The zero-order chi connectivity index (χ0) is 11.4. The summed E-state index contributed by atoms with van der Waals surface area (Å²) in [6.07, 6.45) is 2.77. The maximum Gasteiger partial charge on any atom is 0.0743 e. The lowest BCUT2D eigenvalue weighted by Gasteiger charge is -2.26. The van der Waals surface area contributed by atoms with Gasteiger partial charge in [0.05, 0.1) is 11.1 Å². The standard InChI is InChI=1S/C11H22N2OS/c1-3-10(6-11(12)15)13-5-4-9(7-13)8(2)14/h8-10,14H,3-7H2,1-2H3,(H2,12,15). The maximum absolute atomic E-state index is 9.53. The van der Waals surface area contributed by atoms with E-state index < -0.39 is 0 Å². The molecule has 0 radical (unpaired) electrons. The fourth-order valence-electron chi connectivity index (χ4n) is 2.30. The van der Waals surface area contributed by atoms with Crippen molar-refractivity contribution in [1.29, 1.82) is 0 Å². The van der Waals surface area contributed by atoms with Gasteiger partial charge < -0.3 is 10.8 Å². The van der Waals surface area contributed by atoms with Crippen LogP contribution in [0, 0.1) is 5.92 Å². The van der Waals surface area contributed by atoms with Crippen LogP contribution in [0.15, 0.2) is 0 Å². The largest absolute Gasteiger partial charge is 0.393 e. The highest BCUT2D eigenvalue weighted by Gasteiger charge is 2.29. The topological polar surface area (TPSA) is 49.5 Å². The van der Waals surface area contributed by atoms with E-state index >= 15 is 0 Å². The summed E-state index contributed by atoms with van der Waals surface area (Å²) in [4.78, 5) is 3.01. The van der Waals surface area contributed by atoms with Crippen molar-refractivity contribution < 1.29 is 5.11 Å². The van der Waals surface area contributed by atoms with Crippen LogP contribution in [0.25, 0.3) is 0 Å². The molecule has 0 amide bonds. The minimum Gasteiger partial charge on any atom is -0.393 e. The number of thiocarbonyl (C=S) groups is 1. The lowest BCUT2D eigenvalue weighted by Crippen LogP contribution is -2.36. The summed E-state index contributed by atoms with van der Waals surface area (Å²) in [7, 11) is 0. The van der Waals surface area contributed by atoms with E-state index in [0.29, 0.717) is 16.9 Å². The molecule has 3 atom stereocenters. The van der Waals surface area contributed by atoms with Gasteiger partial charge in [-0.15, -0.1) is 0 Å². The zero-order valence-corrected chi connectivity index (χ0v) is 10.5. The minimum absolute atomic E-state index is 0.197. The highest BCUT2D eigenvalue weighted by atomic mass is 32.1. The van der Waals surface area contributed by atoms with E-state index in [2.05, 4.69) is 11.8 Å². The maximum atomic E-state index is 9.53. The second-order valence-electron chi connectivity index (χ2n) is 4.52. The van der Waals surface area contributed by atoms with Gasteiger partial charge in [0.25, 0.3) is 0 Å². The third-order valence-electron chi connectivity index (χ3n) is 3.36. The van der Waals surface area contributed by atoms with Crippen molar-refractivity contribution in [2.45, 2.75) is 45.3 Å². The SMILES string of the molecule is CCC(CC(N)=S)N1CCC(C(C)O)C1. The van der Waals surface area contributed by atoms with Gasteiger partial charge >= 0.3 is 0 Å². The van der Waals surface area contributed by atoms with Crippen molar-refractivity contribution in [1.82, 2.24) is 4.90 Å². The molecule has 0 aromatic heterocycles. The fraction of sp³-hybridized carbons (Fsp3) is 0.909. The van der Waals surface area contributed by atoms with Crippen molar-refractivity contribution in [3.05, 3.63) is 0 Å². The van der Waals surface area contributed by atoms with Crippen LogP contribution < -0.4 is 5.73 Å². The van der Waals surface area contributed by atoms with Crippen molar-refractivity contribution in [2.24, 2.45) is 11.7 Å². The van der Waals surface area contributed by atoms with Crippen LogP contribution in [0.2, 0.25) is 0 Å². The molecule has 4 heteroatoms. The Bertz CT molecular complexity index is 221. The Labute approximate surface area is 97.6 Å². The molecule has 0 aromatic rings. The summed E-state index contributed by atoms with van der Waals surface area (Å²) in [5.74, 6) is 0.422. The van der Waals surface area contributed by atoms with Gasteiger partial charge in [0, 0.05) is 19.0 Å². The number of aliphatic hydroxyl groups excluding tert-OH is 1. The summed E-state index contributed by atoms with van der Waals surface area (Å²) in [5.41, 5.74) is 5.59. The van der Waals surface area contributed by atoms with Gasteiger partial charge in [-0.2, -0.15) is 0 Å². The first kappa shape index (κ1) is 12.9. The van der Waals surface area contributed by atoms with E-state index in [-0.39, 0.29) is 6.10 Å². The first-order chi connectivity index (χ1) is 7.04. The fourth-order valence-corrected chi connectivity index (χ4v) is 2.50. The number of aliphatic hydroxyl groups is 1. The molecule has 1 aliphatic heterocycles. The van der Waals surface area contributed by atoms with Crippen molar-refractivity contribution in [3.63, 3.8) is 0 Å². The van der Waals surface area contributed by atoms with Crippen LogP contribution in [0.4, 0.5) is 0 Å². The van der Waals surface area contributed by atoms with Gasteiger partial charge in [-0.1, -0.05) is 19.1 Å². The Hall–Kier alpha value is -0.190. The molecule has 0 aromatic carbocycles. The number of nitrogens with two attached hydrogens (primary N) is 1. The molecule has 1 aliphatic rings. The van der Waals surface area contributed by atoms with Crippen LogP contribution in [-0.4, -0.2) is 40.2 Å². The first-order valence-electron chi connectivity index (χ1n) is 5.75. The second-order valence-corrected chi connectivity index (χ2v) is 5.04. The molecule has 1 saturated heterocycles. The van der Waals surface area contributed by atoms with Gasteiger partial charge in [0.2, 0.25) is 0 Å². The Balaban J connectivity index is 2.46. The van der Waals surface area contributed by atoms with Crippen LogP contribution in [-0.2, 0) is 0 Å². The number of hydrogen-bond acceptors (Lipinski definition) is 3. The molecular weight excluding hydrogens is 208 g/mol. The van der Waals surface area contributed by atoms with E-state index in [1.165, 1.54) is 0 Å². The predicted octanol–water partition coefficient (Wildman–Crippen LogP) is 1.14. The Morgan fingerprint density at radius 1 is 1.67 bits per heavy atom. The van der Waals surface area contributed by atoms with E-state index in [1.807, 2.05) is 6.92 Å². The van der Waals surface area contributed by atoms with E-state index in [9.17, 15) is 5.11 Å². The van der Waals surface area contributed by atoms with E-state index in [4.69, 9.17) is 18.0 Å². The molecule has 1 fully saturated rings. The molecule has 3 unspecified atom stereocenters. The number of likely N-dealkylation sites (tertiary alicyclic amines) is 1. The predicted molar refractivity (Wildman–Crippen MR) is 66.8 cm³/mol. The molecule has 0 aliphatic carbocycles. The lowest BCUT2D eigenvalue weighted by atomic mass is 10.0. The molecule has 15 heavy (non-hydrogen) atoms. The molecule has 3 N–H and O–H groups in total. The summed E-state index contributed by atoms with van der Waals surface area (Å²) in [6.45, 7) is 6.09. The van der Waals surface area contributed by atoms with Crippen molar-refractivity contribution in [2.75, 3.05) is 13.1 Å².